The lowest BCUT2D eigenvalue weighted by Gasteiger charge is -2.27. The molecular formula is C20H30O. The van der Waals surface area contributed by atoms with Gasteiger partial charge in [0.25, 0.3) is 0 Å². The average Bonchev–Trinajstić information content (AvgIpc) is 2.53. The average molecular weight is 286 g/mol. The second-order valence-corrected chi connectivity index (χ2v) is 6.27. The number of allylic oxidation sites excluding steroid dienone is 2. The van der Waals surface area contributed by atoms with Gasteiger partial charge in [0, 0.05) is 0 Å². The topological polar surface area (TPSA) is 9.23 Å². The van der Waals surface area contributed by atoms with Crippen molar-refractivity contribution in [3.05, 3.63) is 41.5 Å². The molecule has 0 radical (unpaired) electrons. The van der Waals surface area contributed by atoms with Crippen LogP contribution < -0.4 is 4.74 Å². The van der Waals surface area contributed by atoms with E-state index >= 15 is 0 Å². The molecule has 0 spiro atoms. The Morgan fingerprint density at radius 2 is 1.90 bits per heavy atom. The fraction of sp³-hybridized carbons (Fsp3) is 0.600. The Labute approximate surface area is 130 Å². The van der Waals surface area contributed by atoms with E-state index in [1.807, 2.05) is 0 Å². The zero-order valence-electron chi connectivity index (χ0n) is 13.9. The largest absolute Gasteiger partial charge is 0.496 e. The molecule has 21 heavy (non-hydrogen) atoms. The van der Waals surface area contributed by atoms with Crippen molar-refractivity contribution >= 4 is 0 Å². The highest BCUT2D eigenvalue weighted by atomic mass is 16.5. The molecule has 0 atom stereocenters. The minimum absolute atomic E-state index is 0.748. The molecule has 0 bridgehead atoms. The molecule has 1 aromatic carbocycles. The number of ether oxygens (including phenoxy) is 1. The molecule has 0 unspecified atom stereocenters. The lowest BCUT2D eigenvalue weighted by atomic mass is 9.78. The van der Waals surface area contributed by atoms with Crippen LogP contribution in [0.5, 0.6) is 5.75 Å². The molecule has 1 aliphatic carbocycles. The van der Waals surface area contributed by atoms with Gasteiger partial charge in [-0.15, -0.1) is 0 Å². The maximum absolute atomic E-state index is 5.49. The maximum Gasteiger partial charge on any atom is 0.122 e. The highest BCUT2D eigenvalue weighted by molar-refractivity contribution is 5.39. The van der Waals surface area contributed by atoms with Gasteiger partial charge in [0.1, 0.15) is 5.75 Å². The lowest BCUT2D eigenvalue weighted by Crippen LogP contribution is -2.12. The first kappa shape index (κ1) is 16.1. The van der Waals surface area contributed by atoms with E-state index in [0.717, 1.165) is 24.0 Å². The van der Waals surface area contributed by atoms with E-state index in [2.05, 4.69) is 44.2 Å². The predicted molar refractivity (Wildman–Crippen MR) is 91.1 cm³/mol. The van der Waals surface area contributed by atoms with Crippen LogP contribution in [0.1, 0.15) is 69.4 Å². The van der Waals surface area contributed by atoms with E-state index in [4.69, 9.17) is 4.74 Å². The van der Waals surface area contributed by atoms with Crippen LogP contribution in [0.3, 0.4) is 0 Å². The molecule has 1 aromatic rings. The van der Waals surface area contributed by atoms with Crippen LogP contribution in [0.15, 0.2) is 30.4 Å². The lowest BCUT2D eigenvalue weighted by molar-refractivity contribution is 0.374. The molecular weight excluding hydrogens is 256 g/mol. The SMILES string of the molecule is CCC=C[C@H]1CC[C@H](c2ccc(OC)c(CCC)c2)CC1. The fourth-order valence-corrected chi connectivity index (χ4v) is 3.49. The Bertz CT molecular complexity index is 453. The van der Waals surface area contributed by atoms with Gasteiger partial charge >= 0.3 is 0 Å². The molecule has 1 fully saturated rings. The quantitative estimate of drug-likeness (QED) is 0.593. The second kappa shape index (κ2) is 8.26. The third-order valence-corrected chi connectivity index (χ3v) is 4.71. The summed E-state index contributed by atoms with van der Waals surface area (Å²) < 4.78 is 5.49. The molecule has 1 nitrogen and oxygen atoms in total. The van der Waals surface area contributed by atoms with E-state index in [1.165, 1.54) is 49.7 Å². The molecule has 0 N–H and O–H groups in total. The zero-order valence-corrected chi connectivity index (χ0v) is 13.9. The first-order valence-corrected chi connectivity index (χ1v) is 8.61. The van der Waals surface area contributed by atoms with Crippen LogP contribution in [-0.4, -0.2) is 7.11 Å². The van der Waals surface area contributed by atoms with Crippen molar-refractivity contribution in [2.45, 2.75) is 64.7 Å². The van der Waals surface area contributed by atoms with Crippen LogP contribution in [0.2, 0.25) is 0 Å². The Hall–Kier alpha value is -1.24. The number of rotatable bonds is 6. The molecule has 0 aliphatic heterocycles. The van der Waals surface area contributed by atoms with Gasteiger partial charge in [-0.25, -0.2) is 0 Å². The third kappa shape index (κ3) is 4.36. The second-order valence-electron chi connectivity index (χ2n) is 6.27. The number of hydrogen-bond acceptors (Lipinski definition) is 1. The summed E-state index contributed by atoms with van der Waals surface area (Å²) in [6, 6.07) is 6.85. The van der Waals surface area contributed by atoms with Crippen molar-refractivity contribution < 1.29 is 4.74 Å². The predicted octanol–water partition coefficient (Wildman–Crippen LogP) is 5.89. The molecule has 1 heteroatoms. The van der Waals surface area contributed by atoms with Crippen molar-refractivity contribution in [2.75, 3.05) is 7.11 Å². The normalized spacial score (nSPS) is 22.6. The first-order chi connectivity index (χ1) is 10.3. The smallest absolute Gasteiger partial charge is 0.122 e. The third-order valence-electron chi connectivity index (χ3n) is 4.71. The summed E-state index contributed by atoms with van der Waals surface area (Å²) in [6.07, 6.45) is 13.6. The molecule has 1 saturated carbocycles. The highest BCUT2D eigenvalue weighted by Crippen LogP contribution is 2.37. The molecule has 0 saturated heterocycles. The van der Waals surface area contributed by atoms with E-state index in [9.17, 15) is 0 Å². The summed E-state index contributed by atoms with van der Waals surface area (Å²) in [6.45, 7) is 4.45. The van der Waals surface area contributed by atoms with E-state index in [1.54, 1.807) is 7.11 Å². The van der Waals surface area contributed by atoms with Crippen molar-refractivity contribution in [2.24, 2.45) is 5.92 Å². The number of methoxy groups -OCH3 is 1. The van der Waals surface area contributed by atoms with Gasteiger partial charge in [0.15, 0.2) is 0 Å². The Balaban J connectivity index is 2.02. The van der Waals surface area contributed by atoms with E-state index in [0.29, 0.717) is 0 Å². The van der Waals surface area contributed by atoms with Crippen molar-refractivity contribution in [1.29, 1.82) is 0 Å². The van der Waals surface area contributed by atoms with E-state index in [-0.39, 0.29) is 0 Å². The number of hydrogen-bond donors (Lipinski definition) is 0. The van der Waals surface area contributed by atoms with Crippen LogP contribution in [-0.2, 0) is 6.42 Å². The molecule has 0 aromatic heterocycles. The van der Waals surface area contributed by atoms with Gasteiger partial charge in [-0.05, 0) is 67.6 Å². The van der Waals surface area contributed by atoms with Gasteiger partial charge in [0.05, 0.1) is 7.11 Å². The van der Waals surface area contributed by atoms with Crippen LogP contribution in [0.4, 0.5) is 0 Å². The summed E-state index contributed by atoms with van der Waals surface area (Å²) in [7, 11) is 1.78. The minimum Gasteiger partial charge on any atom is -0.496 e. The van der Waals surface area contributed by atoms with Crippen molar-refractivity contribution in [3.63, 3.8) is 0 Å². The van der Waals surface area contributed by atoms with E-state index < -0.39 is 0 Å². The fourth-order valence-electron chi connectivity index (χ4n) is 3.49. The highest BCUT2D eigenvalue weighted by Gasteiger charge is 2.21. The Morgan fingerprint density at radius 3 is 2.52 bits per heavy atom. The van der Waals surface area contributed by atoms with Crippen LogP contribution in [0, 0.1) is 5.92 Å². The summed E-state index contributed by atoms with van der Waals surface area (Å²) in [4.78, 5) is 0. The van der Waals surface area contributed by atoms with Gasteiger partial charge in [-0.1, -0.05) is 44.6 Å². The zero-order chi connectivity index (χ0) is 15.1. The van der Waals surface area contributed by atoms with Crippen LogP contribution in [0.25, 0.3) is 0 Å². The summed E-state index contributed by atoms with van der Waals surface area (Å²) >= 11 is 0. The molecule has 116 valence electrons. The number of benzene rings is 1. The van der Waals surface area contributed by atoms with Crippen molar-refractivity contribution in [3.8, 4) is 5.75 Å². The van der Waals surface area contributed by atoms with Gasteiger partial charge < -0.3 is 4.74 Å². The van der Waals surface area contributed by atoms with Gasteiger partial charge in [0.2, 0.25) is 0 Å². The summed E-state index contributed by atoms with van der Waals surface area (Å²) in [5.74, 6) is 2.62. The molecule has 2 rings (SSSR count). The number of aryl methyl sites for hydroxylation is 1. The minimum atomic E-state index is 0.748. The standard InChI is InChI=1S/C20H30O/c1-4-6-8-16-9-11-17(12-10-16)18-13-14-20(21-3)19(15-18)7-5-2/h6,8,13-17H,4-5,7,9-12H2,1-3H3/t16-,17-. The summed E-state index contributed by atoms with van der Waals surface area (Å²) in [5, 5.41) is 0. The first-order valence-electron chi connectivity index (χ1n) is 8.61. The Morgan fingerprint density at radius 1 is 1.14 bits per heavy atom. The van der Waals surface area contributed by atoms with Crippen molar-refractivity contribution in [1.82, 2.24) is 0 Å². The molecule has 1 aliphatic rings. The Kier molecular flexibility index (Phi) is 6.35. The molecule has 0 amide bonds. The molecule has 0 heterocycles. The van der Waals surface area contributed by atoms with Crippen LogP contribution >= 0.6 is 0 Å². The maximum atomic E-state index is 5.49. The monoisotopic (exact) mass is 286 g/mol. The summed E-state index contributed by atoms with van der Waals surface area (Å²) in [5.41, 5.74) is 2.91. The van der Waals surface area contributed by atoms with Gasteiger partial charge in [-0.2, -0.15) is 0 Å². The van der Waals surface area contributed by atoms with Gasteiger partial charge in [-0.3, -0.25) is 0 Å².